The summed E-state index contributed by atoms with van der Waals surface area (Å²) in [5, 5.41) is 4.46. The van der Waals surface area contributed by atoms with Crippen LogP contribution in [0.4, 0.5) is 0 Å². The Morgan fingerprint density at radius 3 is 2.88 bits per heavy atom. The molecule has 1 aliphatic rings. The Kier molecular flexibility index (Phi) is 4.99. The molecule has 6 heteroatoms. The maximum atomic E-state index is 13.3. The number of hydrogen-bond donors (Lipinski definition) is 1. The SMILES string of the molecule is CNC(=O)C[C@@]1(COC)CCCN1C(=O)c1nccc2ccccc12. The van der Waals surface area contributed by atoms with E-state index in [2.05, 4.69) is 10.3 Å². The van der Waals surface area contributed by atoms with E-state index in [1.54, 1.807) is 25.3 Å². The van der Waals surface area contributed by atoms with E-state index < -0.39 is 5.54 Å². The van der Waals surface area contributed by atoms with Crippen molar-refractivity contribution in [1.82, 2.24) is 15.2 Å². The number of amides is 2. The van der Waals surface area contributed by atoms with Crippen LogP contribution in [0.5, 0.6) is 0 Å². The van der Waals surface area contributed by atoms with Gasteiger partial charge in [0.05, 0.1) is 18.6 Å². The van der Waals surface area contributed by atoms with Crippen molar-refractivity contribution in [2.45, 2.75) is 24.8 Å². The molecule has 2 aromatic rings. The first-order chi connectivity index (χ1) is 12.1. The minimum atomic E-state index is -0.620. The van der Waals surface area contributed by atoms with Gasteiger partial charge >= 0.3 is 0 Å². The molecule has 0 radical (unpaired) electrons. The lowest BCUT2D eigenvalue weighted by atomic mass is 9.91. The van der Waals surface area contributed by atoms with Crippen LogP contribution in [0.2, 0.25) is 0 Å². The predicted octanol–water partition coefficient (Wildman–Crippen LogP) is 1.99. The lowest BCUT2D eigenvalue weighted by Gasteiger charge is -2.37. The van der Waals surface area contributed by atoms with Gasteiger partial charge in [-0.3, -0.25) is 14.6 Å². The monoisotopic (exact) mass is 341 g/mol. The molecule has 0 saturated carbocycles. The Labute approximate surface area is 147 Å². The van der Waals surface area contributed by atoms with Gasteiger partial charge in [0.1, 0.15) is 5.69 Å². The molecule has 0 aliphatic carbocycles. The molecule has 6 nitrogen and oxygen atoms in total. The van der Waals surface area contributed by atoms with E-state index >= 15 is 0 Å². The number of benzene rings is 1. The van der Waals surface area contributed by atoms with Crippen molar-refractivity contribution >= 4 is 22.6 Å². The summed E-state index contributed by atoms with van der Waals surface area (Å²) in [4.78, 5) is 31.5. The second-order valence-corrected chi connectivity index (χ2v) is 6.45. The molecule has 2 amide bonds. The summed E-state index contributed by atoms with van der Waals surface area (Å²) in [6, 6.07) is 9.60. The summed E-state index contributed by atoms with van der Waals surface area (Å²) in [7, 11) is 3.21. The zero-order valence-electron chi connectivity index (χ0n) is 14.6. The fraction of sp³-hybridized carbons (Fsp3) is 0.421. The van der Waals surface area contributed by atoms with Crippen LogP contribution in [0.1, 0.15) is 29.8 Å². The maximum Gasteiger partial charge on any atom is 0.273 e. The van der Waals surface area contributed by atoms with E-state index in [1.165, 1.54) is 0 Å². The summed E-state index contributed by atoms with van der Waals surface area (Å²) >= 11 is 0. The zero-order chi connectivity index (χ0) is 17.9. The number of nitrogens with one attached hydrogen (secondary N) is 1. The molecule has 1 saturated heterocycles. The molecule has 1 atom stereocenters. The Balaban J connectivity index is 2.00. The molecule has 1 aromatic heterocycles. The van der Waals surface area contributed by atoms with E-state index in [1.807, 2.05) is 30.3 Å². The predicted molar refractivity (Wildman–Crippen MR) is 95.3 cm³/mol. The molecule has 1 aliphatic heterocycles. The van der Waals surface area contributed by atoms with Gasteiger partial charge in [-0.05, 0) is 24.3 Å². The summed E-state index contributed by atoms with van der Waals surface area (Å²) in [5.41, 5.74) is -0.192. The summed E-state index contributed by atoms with van der Waals surface area (Å²) < 4.78 is 5.38. The van der Waals surface area contributed by atoms with E-state index in [4.69, 9.17) is 4.74 Å². The number of pyridine rings is 1. The average molecular weight is 341 g/mol. The van der Waals surface area contributed by atoms with Gasteiger partial charge in [0, 0.05) is 32.3 Å². The number of methoxy groups -OCH3 is 1. The van der Waals surface area contributed by atoms with E-state index in [0.29, 0.717) is 18.8 Å². The standard InChI is InChI=1S/C19H23N3O3/c1-20-16(23)12-19(13-25-2)9-5-11-22(19)18(24)17-15-7-4-3-6-14(15)8-10-21-17/h3-4,6-8,10H,5,9,11-13H2,1-2H3,(H,20,23)/t19-/m1/s1. The molecule has 1 fully saturated rings. The lowest BCUT2D eigenvalue weighted by molar-refractivity contribution is -0.123. The Morgan fingerprint density at radius 1 is 1.32 bits per heavy atom. The number of likely N-dealkylation sites (tertiary alicyclic amines) is 1. The highest BCUT2D eigenvalue weighted by molar-refractivity contribution is 6.05. The molecule has 0 bridgehead atoms. The molecule has 1 aromatic carbocycles. The van der Waals surface area contributed by atoms with Crippen molar-refractivity contribution in [2.24, 2.45) is 0 Å². The van der Waals surface area contributed by atoms with Crippen LogP contribution in [-0.2, 0) is 9.53 Å². The normalized spacial score (nSPS) is 20.0. The van der Waals surface area contributed by atoms with Crippen molar-refractivity contribution in [3.05, 3.63) is 42.2 Å². The Bertz CT molecular complexity index is 787. The maximum absolute atomic E-state index is 13.3. The number of carbonyl (C=O) groups is 2. The van der Waals surface area contributed by atoms with Crippen molar-refractivity contribution in [2.75, 3.05) is 27.3 Å². The van der Waals surface area contributed by atoms with Crippen molar-refractivity contribution in [1.29, 1.82) is 0 Å². The van der Waals surface area contributed by atoms with Crippen molar-refractivity contribution in [3.63, 3.8) is 0 Å². The van der Waals surface area contributed by atoms with Crippen LogP contribution >= 0.6 is 0 Å². The highest BCUT2D eigenvalue weighted by Crippen LogP contribution is 2.35. The summed E-state index contributed by atoms with van der Waals surface area (Å²) in [6.45, 7) is 0.932. The van der Waals surface area contributed by atoms with Gasteiger partial charge in [-0.15, -0.1) is 0 Å². The average Bonchev–Trinajstić information content (AvgIpc) is 3.04. The first-order valence-electron chi connectivity index (χ1n) is 8.46. The van der Waals surface area contributed by atoms with Crippen LogP contribution in [0.3, 0.4) is 0 Å². The number of carbonyl (C=O) groups excluding carboxylic acids is 2. The number of rotatable bonds is 5. The van der Waals surface area contributed by atoms with Crippen molar-refractivity contribution < 1.29 is 14.3 Å². The first-order valence-corrected chi connectivity index (χ1v) is 8.46. The molecule has 25 heavy (non-hydrogen) atoms. The highest BCUT2D eigenvalue weighted by Gasteiger charge is 2.45. The molecular weight excluding hydrogens is 318 g/mol. The van der Waals surface area contributed by atoms with Crippen LogP contribution in [0, 0.1) is 0 Å². The topological polar surface area (TPSA) is 71.5 Å². The van der Waals surface area contributed by atoms with E-state index in [0.717, 1.165) is 23.6 Å². The molecule has 0 spiro atoms. The van der Waals surface area contributed by atoms with Gasteiger partial charge in [0.25, 0.3) is 5.91 Å². The van der Waals surface area contributed by atoms with Gasteiger partial charge in [0.15, 0.2) is 0 Å². The van der Waals surface area contributed by atoms with Gasteiger partial charge in [-0.1, -0.05) is 24.3 Å². The fourth-order valence-electron chi connectivity index (χ4n) is 3.71. The quantitative estimate of drug-likeness (QED) is 0.903. The Hall–Kier alpha value is -2.47. The van der Waals surface area contributed by atoms with Crippen LogP contribution in [0.15, 0.2) is 36.5 Å². The van der Waals surface area contributed by atoms with Crippen LogP contribution in [0.25, 0.3) is 10.8 Å². The number of hydrogen-bond acceptors (Lipinski definition) is 4. The van der Waals surface area contributed by atoms with Gasteiger partial charge in [-0.25, -0.2) is 0 Å². The number of fused-ring (bicyclic) bond motifs is 1. The Morgan fingerprint density at radius 2 is 2.12 bits per heavy atom. The molecular formula is C19H23N3O3. The third-order valence-electron chi connectivity index (χ3n) is 4.90. The van der Waals surface area contributed by atoms with Gasteiger partial charge < -0.3 is 15.0 Å². The molecule has 132 valence electrons. The summed E-state index contributed by atoms with van der Waals surface area (Å²) in [6.07, 6.45) is 3.47. The first kappa shape index (κ1) is 17.4. The number of ether oxygens (including phenoxy) is 1. The second-order valence-electron chi connectivity index (χ2n) is 6.45. The van der Waals surface area contributed by atoms with E-state index in [9.17, 15) is 9.59 Å². The largest absolute Gasteiger partial charge is 0.382 e. The molecule has 1 N–H and O–H groups in total. The van der Waals surface area contributed by atoms with Crippen LogP contribution in [-0.4, -0.2) is 54.5 Å². The van der Waals surface area contributed by atoms with Crippen molar-refractivity contribution in [3.8, 4) is 0 Å². The second kappa shape index (κ2) is 7.19. The third-order valence-corrected chi connectivity index (χ3v) is 4.90. The lowest BCUT2D eigenvalue weighted by Crippen LogP contribution is -2.53. The molecule has 0 unspecified atom stereocenters. The molecule has 3 rings (SSSR count). The minimum Gasteiger partial charge on any atom is -0.382 e. The van der Waals surface area contributed by atoms with Gasteiger partial charge in [-0.2, -0.15) is 0 Å². The highest BCUT2D eigenvalue weighted by atomic mass is 16.5. The number of aromatic nitrogens is 1. The molecule has 2 heterocycles. The van der Waals surface area contributed by atoms with Crippen LogP contribution < -0.4 is 5.32 Å². The summed E-state index contributed by atoms with van der Waals surface area (Å²) in [5.74, 6) is -0.238. The van der Waals surface area contributed by atoms with Gasteiger partial charge in [0.2, 0.25) is 5.91 Å². The zero-order valence-corrected chi connectivity index (χ0v) is 14.6. The smallest absolute Gasteiger partial charge is 0.273 e. The number of nitrogens with zero attached hydrogens (tertiary/aromatic N) is 2. The minimum absolute atomic E-state index is 0.0948. The van der Waals surface area contributed by atoms with E-state index in [-0.39, 0.29) is 18.2 Å². The third kappa shape index (κ3) is 3.22. The fourth-order valence-corrected chi connectivity index (χ4v) is 3.71.